The van der Waals surface area contributed by atoms with Crippen LogP contribution < -0.4 is 11.3 Å². The summed E-state index contributed by atoms with van der Waals surface area (Å²) in [6.07, 6.45) is 3.01. The lowest BCUT2D eigenvalue weighted by atomic mass is 10.1. The molecule has 0 amide bonds. The number of amidine groups is 1. The summed E-state index contributed by atoms with van der Waals surface area (Å²) in [5, 5.41) is 12.7. The van der Waals surface area contributed by atoms with Crippen molar-refractivity contribution in [3.05, 3.63) is 46.0 Å². The number of nitrogens with one attached hydrogen (secondary N) is 1. The molecule has 0 saturated carbocycles. The van der Waals surface area contributed by atoms with Crippen LogP contribution in [0, 0.1) is 6.92 Å². The third-order valence-corrected chi connectivity index (χ3v) is 3.23. The van der Waals surface area contributed by atoms with E-state index in [0.717, 1.165) is 17.3 Å². The van der Waals surface area contributed by atoms with Crippen LogP contribution in [0.5, 0.6) is 0 Å². The molecule has 7 nitrogen and oxygen atoms in total. The van der Waals surface area contributed by atoms with Gasteiger partial charge < -0.3 is 15.9 Å². The Morgan fingerprint density at radius 2 is 2.16 bits per heavy atom. The van der Waals surface area contributed by atoms with Gasteiger partial charge in [-0.15, -0.1) is 0 Å². The summed E-state index contributed by atoms with van der Waals surface area (Å²) in [6.45, 7) is 1.82. The van der Waals surface area contributed by atoms with E-state index < -0.39 is 0 Å². The van der Waals surface area contributed by atoms with Crippen molar-refractivity contribution in [3.63, 3.8) is 0 Å². The second-order valence-corrected chi connectivity index (χ2v) is 4.61. The number of aromatic nitrogens is 3. The summed E-state index contributed by atoms with van der Waals surface area (Å²) in [4.78, 5) is 22.0. The number of nitrogens with zero attached hydrogens (tertiary/aromatic N) is 3. The number of nitrogens with two attached hydrogens (primary N) is 1. The van der Waals surface area contributed by atoms with Crippen molar-refractivity contribution in [3.8, 4) is 0 Å². The van der Waals surface area contributed by atoms with E-state index in [2.05, 4.69) is 20.1 Å². The van der Waals surface area contributed by atoms with E-state index in [4.69, 9.17) is 10.9 Å². The minimum Gasteiger partial charge on any atom is -0.409 e. The fraction of sp³-hybridized carbons (Fsp3) is 0.0909. The fourth-order valence-electron chi connectivity index (χ4n) is 1.47. The van der Waals surface area contributed by atoms with Gasteiger partial charge in [0.15, 0.2) is 11.0 Å². The van der Waals surface area contributed by atoms with Crippen molar-refractivity contribution in [1.82, 2.24) is 15.0 Å². The van der Waals surface area contributed by atoms with Crippen molar-refractivity contribution < 1.29 is 5.21 Å². The van der Waals surface area contributed by atoms with E-state index >= 15 is 0 Å². The Balaban J connectivity index is 2.46. The molecule has 0 unspecified atom stereocenters. The first-order valence-electron chi connectivity index (χ1n) is 5.28. The van der Waals surface area contributed by atoms with Gasteiger partial charge in [-0.05, 0) is 30.3 Å². The van der Waals surface area contributed by atoms with Crippen LogP contribution in [0.3, 0.4) is 0 Å². The topological polar surface area (TPSA) is 117 Å². The van der Waals surface area contributed by atoms with Crippen LogP contribution in [0.2, 0.25) is 0 Å². The highest BCUT2D eigenvalue weighted by Crippen LogP contribution is 2.26. The van der Waals surface area contributed by atoms with Crippen molar-refractivity contribution in [1.29, 1.82) is 0 Å². The number of hydrogen-bond acceptors (Lipinski definition) is 6. The average molecular weight is 277 g/mol. The molecule has 0 radical (unpaired) electrons. The highest BCUT2D eigenvalue weighted by molar-refractivity contribution is 7.99. The van der Waals surface area contributed by atoms with Crippen LogP contribution in [0.25, 0.3) is 0 Å². The summed E-state index contributed by atoms with van der Waals surface area (Å²) in [5.74, 6) is -0.0358. The zero-order chi connectivity index (χ0) is 13.8. The number of pyridine rings is 1. The van der Waals surface area contributed by atoms with E-state index in [-0.39, 0.29) is 11.4 Å². The maximum absolute atomic E-state index is 11.2. The fourth-order valence-corrected chi connectivity index (χ4v) is 2.40. The molecule has 2 aromatic heterocycles. The third kappa shape index (κ3) is 2.91. The summed E-state index contributed by atoms with van der Waals surface area (Å²) in [6, 6.07) is 3.07. The molecule has 0 aliphatic rings. The molecule has 2 rings (SSSR count). The molecule has 0 spiro atoms. The summed E-state index contributed by atoms with van der Waals surface area (Å²) in [5.41, 5.74) is 6.71. The molecule has 0 saturated heterocycles. The van der Waals surface area contributed by atoms with Gasteiger partial charge in [0.05, 0.1) is 5.56 Å². The number of aromatic amines is 1. The molecule has 2 aromatic rings. The van der Waals surface area contributed by atoms with E-state index in [1.54, 1.807) is 12.3 Å². The molecule has 4 N–H and O–H groups in total. The molecular weight excluding hydrogens is 266 g/mol. The molecule has 98 valence electrons. The number of oxime groups is 1. The van der Waals surface area contributed by atoms with Crippen LogP contribution in [0.15, 0.2) is 44.7 Å². The standard InChI is InChI=1S/C11H11N5O2S/c1-6-2-4-13-10(8(6)9(12)16-18)19-11-14-5-3-7(17)15-11/h2-5,18H,1H3,(H2,12,16)(H,14,15,17). The predicted molar refractivity (Wildman–Crippen MR) is 70.5 cm³/mol. The lowest BCUT2D eigenvalue weighted by molar-refractivity contribution is 0.318. The van der Waals surface area contributed by atoms with Crippen LogP contribution in [0.4, 0.5) is 0 Å². The van der Waals surface area contributed by atoms with Gasteiger partial charge in [0.25, 0.3) is 5.56 Å². The van der Waals surface area contributed by atoms with E-state index in [1.165, 1.54) is 12.3 Å². The Hall–Kier alpha value is -2.35. The quantitative estimate of drug-likeness (QED) is 0.250. The SMILES string of the molecule is Cc1ccnc(Sc2nccc(=O)[nH]2)c1/C(N)=N/O. The number of rotatable bonds is 3. The van der Waals surface area contributed by atoms with E-state index in [1.807, 2.05) is 6.92 Å². The molecule has 0 atom stereocenters. The first kappa shape index (κ1) is 13.1. The largest absolute Gasteiger partial charge is 0.409 e. The molecule has 0 fully saturated rings. The van der Waals surface area contributed by atoms with E-state index in [0.29, 0.717) is 15.7 Å². The molecule has 19 heavy (non-hydrogen) atoms. The normalized spacial score (nSPS) is 11.5. The number of aryl methyl sites for hydroxylation is 1. The molecular formula is C11H11N5O2S. The Labute approximate surface area is 112 Å². The van der Waals surface area contributed by atoms with Gasteiger partial charge in [-0.3, -0.25) is 4.79 Å². The second kappa shape index (κ2) is 5.53. The minimum atomic E-state index is -0.254. The smallest absolute Gasteiger partial charge is 0.251 e. The van der Waals surface area contributed by atoms with Crippen molar-refractivity contribution in [2.45, 2.75) is 17.1 Å². The second-order valence-electron chi connectivity index (χ2n) is 3.63. The van der Waals surface area contributed by atoms with Crippen LogP contribution >= 0.6 is 11.8 Å². The van der Waals surface area contributed by atoms with Crippen LogP contribution in [0.1, 0.15) is 11.1 Å². The van der Waals surface area contributed by atoms with Gasteiger partial charge in [0, 0.05) is 18.5 Å². The molecule has 0 aromatic carbocycles. The lowest BCUT2D eigenvalue weighted by Gasteiger charge is -2.08. The van der Waals surface area contributed by atoms with Crippen molar-refractivity contribution >= 4 is 17.6 Å². The summed E-state index contributed by atoms with van der Waals surface area (Å²) < 4.78 is 0. The molecule has 0 bridgehead atoms. The number of hydrogen-bond donors (Lipinski definition) is 3. The van der Waals surface area contributed by atoms with Crippen LogP contribution in [-0.2, 0) is 0 Å². The summed E-state index contributed by atoms with van der Waals surface area (Å²) in [7, 11) is 0. The Kier molecular flexibility index (Phi) is 3.81. The average Bonchev–Trinajstić information content (AvgIpc) is 2.38. The van der Waals surface area contributed by atoms with E-state index in [9.17, 15) is 4.79 Å². The van der Waals surface area contributed by atoms with Gasteiger partial charge in [-0.2, -0.15) is 0 Å². The first-order chi connectivity index (χ1) is 9.11. The van der Waals surface area contributed by atoms with Gasteiger partial charge >= 0.3 is 0 Å². The predicted octanol–water partition coefficient (Wildman–Crippen LogP) is 0.719. The molecule has 0 aliphatic carbocycles. The Bertz CT molecular complexity index is 683. The first-order valence-corrected chi connectivity index (χ1v) is 6.10. The highest BCUT2D eigenvalue weighted by Gasteiger charge is 2.13. The van der Waals surface area contributed by atoms with Gasteiger partial charge in [0.1, 0.15) is 5.03 Å². The zero-order valence-electron chi connectivity index (χ0n) is 9.99. The van der Waals surface area contributed by atoms with Gasteiger partial charge in [-0.25, -0.2) is 9.97 Å². The number of H-pyrrole nitrogens is 1. The van der Waals surface area contributed by atoms with Crippen molar-refractivity contribution in [2.24, 2.45) is 10.9 Å². The Morgan fingerprint density at radius 3 is 2.84 bits per heavy atom. The maximum atomic E-state index is 11.2. The molecule has 2 heterocycles. The van der Waals surface area contributed by atoms with Gasteiger partial charge in [0.2, 0.25) is 0 Å². The lowest BCUT2D eigenvalue weighted by Crippen LogP contribution is -2.17. The monoisotopic (exact) mass is 277 g/mol. The molecule has 8 heteroatoms. The molecule has 0 aliphatic heterocycles. The Morgan fingerprint density at radius 1 is 1.42 bits per heavy atom. The van der Waals surface area contributed by atoms with Gasteiger partial charge in [-0.1, -0.05) is 5.16 Å². The maximum Gasteiger partial charge on any atom is 0.251 e. The zero-order valence-corrected chi connectivity index (χ0v) is 10.8. The van der Waals surface area contributed by atoms with Crippen molar-refractivity contribution in [2.75, 3.05) is 0 Å². The minimum absolute atomic E-state index is 0.0358. The third-order valence-electron chi connectivity index (χ3n) is 2.33. The van der Waals surface area contributed by atoms with Crippen LogP contribution in [-0.4, -0.2) is 26.0 Å². The highest BCUT2D eigenvalue weighted by atomic mass is 32.2. The summed E-state index contributed by atoms with van der Waals surface area (Å²) >= 11 is 1.14.